The Morgan fingerprint density at radius 2 is 1.92 bits per heavy atom. The van der Waals surface area contributed by atoms with E-state index >= 15 is 0 Å². The molecule has 1 aromatic rings. The van der Waals surface area contributed by atoms with Gasteiger partial charge in [-0.05, 0) is 25.5 Å². The number of hydrogen-bond acceptors (Lipinski definition) is 4. The molecule has 9 heteroatoms. The van der Waals surface area contributed by atoms with Gasteiger partial charge in [0.15, 0.2) is 0 Å². The smallest absolute Gasteiger partial charge is 0.415 e. The van der Waals surface area contributed by atoms with Crippen molar-refractivity contribution in [3.8, 4) is 0 Å². The fourth-order valence-corrected chi connectivity index (χ4v) is 2.97. The van der Waals surface area contributed by atoms with Crippen LogP contribution in [0.5, 0.6) is 0 Å². The molecule has 138 valence electrons. The monoisotopic (exact) mass is 366 g/mol. The molecule has 1 unspecified atom stereocenters. The number of nitrogens with zero attached hydrogens (tertiary/aromatic N) is 1. The first-order valence-corrected chi connectivity index (χ1v) is 7.87. The van der Waals surface area contributed by atoms with Crippen molar-refractivity contribution in [1.82, 2.24) is 5.32 Å². The zero-order valence-corrected chi connectivity index (χ0v) is 13.7. The van der Waals surface area contributed by atoms with E-state index in [4.69, 9.17) is 9.84 Å². The lowest BCUT2D eigenvalue weighted by molar-refractivity contribution is -0.140. The SMILES string of the molecule is CC1(C(=O)N[C@H]2C=C[C@@H](C(=O)O)C2)CN(c2cc(F)cc(F)c2)C(=O)O1. The lowest BCUT2D eigenvalue weighted by atomic mass is 10.0. The molecule has 26 heavy (non-hydrogen) atoms. The summed E-state index contributed by atoms with van der Waals surface area (Å²) >= 11 is 0. The van der Waals surface area contributed by atoms with Crippen molar-refractivity contribution >= 4 is 23.7 Å². The lowest BCUT2D eigenvalue weighted by Gasteiger charge is -2.23. The molecule has 1 aliphatic heterocycles. The van der Waals surface area contributed by atoms with Crippen LogP contribution in [0.4, 0.5) is 19.3 Å². The quantitative estimate of drug-likeness (QED) is 0.793. The van der Waals surface area contributed by atoms with Crippen molar-refractivity contribution in [3.63, 3.8) is 0 Å². The first-order chi connectivity index (χ1) is 12.2. The molecule has 0 bridgehead atoms. The summed E-state index contributed by atoms with van der Waals surface area (Å²) in [5.41, 5.74) is -1.63. The van der Waals surface area contributed by atoms with E-state index in [2.05, 4.69) is 5.32 Å². The van der Waals surface area contributed by atoms with Gasteiger partial charge in [-0.1, -0.05) is 12.2 Å². The number of carboxylic acid groups (broad SMARTS) is 1. The van der Waals surface area contributed by atoms with Gasteiger partial charge in [-0.25, -0.2) is 13.6 Å². The summed E-state index contributed by atoms with van der Waals surface area (Å²) in [6, 6.07) is 2.10. The molecular formula is C17H16F2N2O5. The molecule has 0 aromatic heterocycles. The molecule has 1 fully saturated rings. The summed E-state index contributed by atoms with van der Waals surface area (Å²) in [5, 5.41) is 11.6. The molecule has 1 aromatic carbocycles. The molecule has 3 atom stereocenters. The zero-order valence-electron chi connectivity index (χ0n) is 13.7. The van der Waals surface area contributed by atoms with Gasteiger partial charge in [-0.2, -0.15) is 0 Å². The van der Waals surface area contributed by atoms with E-state index in [0.717, 1.165) is 17.0 Å². The molecule has 0 saturated carbocycles. The van der Waals surface area contributed by atoms with Gasteiger partial charge in [0.25, 0.3) is 5.91 Å². The first kappa shape index (κ1) is 17.8. The predicted molar refractivity (Wildman–Crippen MR) is 85.4 cm³/mol. The summed E-state index contributed by atoms with van der Waals surface area (Å²) in [7, 11) is 0. The Kier molecular flexibility index (Phi) is 4.39. The zero-order chi connectivity index (χ0) is 19.1. The van der Waals surface area contributed by atoms with Crippen LogP contribution in [-0.4, -0.2) is 41.3 Å². The fourth-order valence-electron chi connectivity index (χ4n) is 2.97. The Morgan fingerprint density at radius 3 is 2.50 bits per heavy atom. The molecule has 0 radical (unpaired) electrons. The van der Waals surface area contributed by atoms with Crippen molar-refractivity contribution in [2.24, 2.45) is 5.92 Å². The lowest BCUT2D eigenvalue weighted by Crippen LogP contribution is -2.50. The summed E-state index contributed by atoms with van der Waals surface area (Å²) < 4.78 is 31.9. The second-order valence-electron chi connectivity index (χ2n) is 6.46. The third-order valence-corrected chi connectivity index (χ3v) is 4.35. The second-order valence-corrected chi connectivity index (χ2v) is 6.46. The number of cyclic esters (lactones) is 1. The average molecular weight is 366 g/mol. The number of amides is 2. The minimum atomic E-state index is -1.57. The van der Waals surface area contributed by atoms with E-state index in [1.165, 1.54) is 13.0 Å². The number of rotatable bonds is 4. The topological polar surface area (TPSA) is 95.9 Å². The molecule has 3 rings (SSSR count). The highest BCUT2D eigenvalue weighted by molar-refractivity contribution is 5.98. The van der Waals surface area contributed by atoms with Gasteiger partial charge in [-0.3, -0.25) is 14.5 Å². The van der Waals surface area contributed by atoms with Gasteiger partial charge >= 0.3 is 12.1 Å². The van der Waals surface area contributed by atoms with Crippen LogP contribution >= 0.6 is 0 Å². The Bertz CT molecular complexity index is 792. The molecule has 1 heterocycles. The summed E-state index contributed by atoms with van der Waals surface area (Å²) in [5.74, 6) is -4.02. The van der Waals surface area contributed by atoms with Crippen LogP contribution in [0.25, 0.3) is 0 Å². The minimum Gasteiger partial charge on any atom is -0.481 e. The standard InChI is InChI=1S/C17H16F2N2O5/c1-17(15(24)20-12-3-2-9(4-12)14(22)23)8-21(16(25)26-17)13-6-10(18)5-11(19)7-13/h2-3,5-7,9,12H,4,8H2,1H3,(H,20,24)(H,22,23)/t9-,12+,17?/m1/s1. The molecule has 2 amide bonds. The highest BCUT2D eigenvalue weighted by Gasteiger charge is 2.48. The number of carboxylic acids is 1. The van der Waals surface area contributed by atoms with Crippen LogP contribution in [-0.2, 0) is 14.3 Å². The summed E-state index contributed by atoms with van der Waals surface area (Å²) in [6.07, 6.45) is 2.34. The normalized spacial score (nSPS) is 27.5. The molecule has 7 nitrogen and oxygen atoms in total. The predicted octanol–water partition coefficient (Wildman–Crippen LogP) is 1.83. The highest BCUT2D eigenvalue weighted by Crippen LogP contribution is 2.30. The van der Waals surface area contributed by atoms with E-state index in [1.54, 1.807) is 6.08 Å². The molecule has 0 spiro atoms. The number of carbonyl (C=O) groups excluding carboxylic acids is 2. The Hall–Kier alpha value is -2.97. The number of anilines is 1. The third-order valence-electron chi connectivity index (χ3n) is 4.35. The van der Waals surface area contributed by atoms with Crippen LogP contribution in [0.1, 0.15) is 13.3 Å². The van der Waals surface area contributed by atoms with Crippen molar-refractivity contribution < 1.29 is 33.0 Å². The highest BCUT2D eigenvalue weighted by atomic mass is 19.1. The number of nitrogens with one attached hydrogen (secondary N) is 1. The summed E-state index contributed by atoms with van der Waals surface area (Å²) in [6.45, 7) is 1.14. The maximum absolute atomic E-state index is 13.4. The van der Waals surface area contributed by atoms with Gasteiger partial charge in [0, 0.05) is 12.1 Å². The third kappa shape index (κ3) is 3.37. The van der Waals surface area contributed by atoms with Crippen molar-refractivity contribution in [2.75, 3.05) is 11.4 Å². The van der Waals surface area contributed by atoms with E-state index in [0.29, 0.717) is 6.07 Å². The maximum Gasteiger partial charge on any atom is 0.415 e. The van der Waals surface area contributed by atoms with Crippen molar-refractivity contribution in [2.45, 2.75) is 25.0 Å². The number of aliphatic carboxylic acids is 1. The van der Waals surface area contributed by atoms with Crippen LogP contribution < -0.4 is 10.2 Å². The number of ether oxygens (including phenoxy) is 1. The van der Waals surface area contributed by atoms with Crippen molar-refractivity contribution in [1.29, 1.82) is 0 Å². The molecule has 2 N–H and O–H groups in total. The Morgan fingerprint density at radius 1 is 1.27 bits per heavy atom. The van der Waals surface area contributed by atoms with Gasteiger partial charge in [0.1, 0.15) is 11.6 Å². The largest absolute Gasteiger partial charge is 0.481 e. The minimum absolute atomic E-state index is 0.0595. The van der Waals surface area contributed by atoms with Crippen molar-refractivity contribution in [3.05, 3.63) is 42.0 Å². The number of hydrogen-bond donors (Lipinski definition) is 2. The molecule has 1 saturated heterocycles. The molecule has 1 aliphatic carbocycles. The Labute approximate surface area is 147 Å². The maximum atomic E-state index is 13.4. The van der Waals surface area contributed by atoms with E-state index in [1.807, 2.05) is 0 Å². The first-order valence-electron chi connectivity index (χ1n) is 7.87. The van der Waals surface area contributed by atoms with Gasteiger partial charge in [0.2, 0.25) is 5.60 Å². The fraction of sp³-hybridized carbons (Fsp3) is 0.353. The molecule has 2 aliphatic rings. The van der Waals surface area contributed by atoms with Crippen LogP contribution in [0, 0.1) is 17.6 Å². The van der Waals surface area contributed by atoms with Gasteiger partial charge in [0.05, 0.1) is 18.2 Å². The van der Waals surface area contributed by atoms with E-state index in [-0.39, 0.29) is 18.7 Å². The summed E-state index contributed by atoms with van der Waals surface area (Å²) in [4.78, 5) is 36.5. The number of halogens is 2. The number of carbonyl (C=O) groups is 3. The van der Waals surface area contributed by atoms with E-state index < -0.39 is 47.2 Å². The van der Waals surface area contributed by atoms with E-state index in [9.17, 15) is 23.2 Å². The number of benzene rings is 1. The van der Waals surface area contributed by atoms with Gasteiger partial charge in [-0.15, -0.1) is 0 Å². The second kappa shape index (κ2) is 6.40. The van der Waals surface area contributed by atoms with Crippen LogP contribution in [0.2, 0.25) is 0 Å². The average Bonchev–Trinajstić information content (AvgIpc) is 3.11. The Balaban J connectivity index is 1.71. The van der Waals surface area contributed by atoms with Crippen LogP contribution in [0.3, 0.4) is 0 Å². The van der Waals surface area contributed by atoms with Gasteiger partial charge < -0.3 is 15.2 Å². The van der Waals surface area contributed by atoms with Crippen LogP contribution in [0.15, 0.2) is 30.4 Å². The molecular weight excluding hydrogens is 350 g/mol.